The van der Waals surface area contributed by atoms with Crippen LogP contribution in [0.15, 0.2) is 36.4 Å². The fraction of sp³-hybridized carbons (Fsp3) is 0.790. The highest BCUT2D eigenvalue weighted by atomic mass is 28.4. The van der Waals surface area contributed by atoms with Crippen LogP contribution in [0.2, 0.25) is 69.5 Å². The van der Waals surface area contributed by atoms with Crippen molar-refractivity contribution in [3.8, 4) is 11.5 Å². The number of carbonyl (C=O) groups is 1. The molecule has 76 heavy (non-hydrogen) atoms. The number of esters is 1. The zero-order valence-electron chi connectivity index (χ0n) is 53.6. The number of rotatable bonds is 27. The summed E-state index contributed by atoms with van der Waals surface area (Å²) < 4.78 is 55.9. The second kappa shape index (κ2) is 26.8. The van der Waals surface area contributed by atoms with Crippen molar-refractivity contribution in [1.82, 2.24) is 0 Å². The molecule has 438 valence electrons. The van der Waals surface area contributed by atoms with Gasteiger partial charge in [0, 0.05) is 37.4 Å². The third-order valence-electron chi connectivity index (χ3n) is 19.1. The highest BCUT2D eigenvalue weighted by Crippen LogP contribution is 2.51. The Bertz CT molecular complexity index is 2080. The van der Waals surface area contributed by atoms with Crippen LogP contribution in [0.1, 0.15) is 185 Å². The second-order valence-corrected chi connectivity index (χ2v) is 48.6. The molecule has 0 unspecified atom stereocenters. The first-order valence-corrected chi connectivity index (χ1v) is 39.3. The molecule has 1 heterocycles. The Morgan fingerprint density at radius 1 is 0.737 bits per heavy atom. The second-order valence-electron chi connectivity index (χ2n) is 28.3. The minimum atomic E-state index is -2.65. The van der Waals surface area contributed by atoms with Gasteiger partial charge in [-0.3, -0.25) is 0 Å². The Morgan fingerprint density at radius 2 is 1.21 bits per heavy atom. The summed E-state index contributed by atoms with van der Waals surface area (Å²) in [4.78, 5) is 14.8. The Hall–Kier alpha value is -1.86. The molecule has 2 aromatic rings. The number of aliphatic hydroxyl groups is 1. The van der Waals surface area contributed by atoms with Gasteiger partial charge in [0.05, 0.1) is 50.8 Å². The first-order chi connectivity index (χ1) is 34.7. The summed E-state index contributed by atoms with van der Waals surface area (Å²) in [5.41, 5.74) is 4.34. The van der Waals surface area contributed by atoms with Crippen LogP contribution in [0.4, 0.5) is 0 Å². The maximum absolute atomic E-state index is 14.8. The molecular formula is C62H114O10Si4. The number of aliphatic hydroxyl groups excluding tert-OH is 1. The minimum Gasteiger partial charge on any atom is -0.542 e. The first-order valence-electron chi connectivity index (χ1n) is 29.2. The fourth-order valence-electron chi connectivity index (χ4n) is 12.1. The molecule has 2 aromatic carbocycles. The topological polar surface area (TPSA) is 111 Å². The van der Waals surface area contributed by atoms with E-state index in [1.165, 1.54) is 7.11 Å². The van der Waals surface area contributed by atoms with Crippen molar-refractivity contribution in [2.45, 2.75) is 284 Å². The maximum atomic E-state index is 14.8. The van der Waals surface area contributed by atoms with Gasteiger partial charge in [-0.1, -0.05) is 176 Å². The van der Waals surface area contributed by atoms with E-state index in [9.17, 15) is 9.90 Å². The largest absolute Gasteiger partial charge is 0.542 e. The van der Waals surface area contributed by atoms with Crippen LogP contribution in [0.25, 0.3) is 0 Å². The van der Waals surface area contributed by atoms with E-state index < -0.39 is 68.9 Å². The van der Waals surface area contributed by atoms with E-state index >= 15 is 0 Å². The molecular weight excluding hydrogens is 1020 g/mol. The standard InChI is InChI=1S/C62H114O10Si4/c1-40(2)75(41(3)4,42(5)6)70-52-36-54(71-76(43(7)8,44(9)10)45(11)12)58(59(64)66-24)49(46(52)13)34-51(69-73(25,26)60(15,16)17)47(14)50(63)35-56-62(21,22)57(72-74(27,28)61(18,19)20)37-53(68-56)55(65-23)39-67-38-48-32-30-29-31-33-48/h29-33,36,40-45,47,50-51,53,55-57,63H,34-35,37-39H2,1-28H3/t47-,50+,51-,53+,55-,56-,57-/m1/s1. The van der Waals surface area contributed by atoms with Crippen molar-refractivity contribution in [3.05, 3.63) is 58.7 Å². The molecule has 10 nitrogen and oxygen atoms in total. The van der Waals surface area contributed by atoms with E-state index in [-0.39, 0.29) is 45.0 Å². The third-order valence-corrected chi connectivity index (χ3v) is 40.1. The molecule has 7 atom stereocenters. The molecule has 14 heteroatoms. The zero-order chi connectivity index (χ0) is 58.5. The van der Waals surface area contributed by atoms with Crippen molar-refractivity contribution >= 4 is 39.2 Å². The van der Waals surface area contributed by atoms with Crippen LogP contribution in [0, 0.1) is 18.3 Å². The summed E-state index contributed by atoms with van der Waals surface area (Å²) in [7, 11) is -6.84. The van der Waals surface area contributed by atoms with Crippen molar-refractivity contribution < 1.29 is 46.6 Å². The lowest BCUT2D eigenvalue weighted by molar-refractivity contribution is -0.215. The molecule has 1 saturated heterocycles. The molecule has 0 aromatic heterocycles. The van der Waals surface area contributed by atoms with E-state index in [1.54, 1.807) is 7.11 Å². The lowest BCUT2D eigenvalue weighted by Crippen LogP contribution is -2.59. The van der Waals surface area contributed by atoms with Gasteiger partial charge < -0.3 is 41.8 Å². The predicted octanol–water partition coefficient (Wildman–Crippen LogP) is 17.0. The van der Waals surface area contributed by atoms with Gasteiger partial charge in [0.25, 0.3) is 16.6 Å². The van der Waals surface area contributed by atoms with E-state index in [0.717, 1.165) is 22.4 Å². The number of benzene rings is 2. The molecule has 1 fully saturated rings. The smallest absolute Gasteiger partial charge is 0.341 e. The lowest BCUT2D eigenvalue weighted by Gasteiger charge is -2.53. The Labute approximate surface area is 470 Å². The van der Waals surface area contributed by atoms with E-state index in [1.807, 2.05) is 24.3 Å². The number of methoxy groups -OCH3 is 2. The summed E-state index contributed by atoms with van der Waals surface area (Å²) >= 11 is 0. The first kappa shape index (κ1) is 68.4. The van der Waals surface area contributed by atoms with Crippen molar-refractivity contribution in [2.75, 3.05) is 20.8 Å². The molecule has 3 rings (SSSR count). The number of carbonyl (C=O) groups excluding carboxylic acids is 1. The van der Waals surface area contributed by atoms with E-state index in [4.69, 9.17) is 36.7 Å². The van der Waals surface area contributed by atoms with Gasteiger partial charge in [0.15, 0.2) is 16.6 Å². The quantitative estimate of drug-likeness (QED) is 0.0686. The Morgan fingerprint density at radius 3 is 1.64 bits per heavy atom. The third kappa shape index (κ3) is 15.4. The van der Waals surface area contributed by atoms with Gasteiger partial charge >= 0.3 is 5.97 Å². The van der Waals surface area contributed by atoms with Gasteiger partial charge in [-0.2, -0.15) is 0 Å². The van der Waals surface area contributed by atoms with Crippen molar-refractivity contribution in [3.63, 3.8) is 0 Å². The SMILES string of the molecule is COC(=O)c1c(O[Si](C(C)C)(C(C)C)C(C)C)cc(O[Si](C(C)C)(C(C)C)C(C)C)c(C)c1C[C@@H](O[Si](C)(C)C(C)(C)C)[C@H](C)[C@@H](O)C[C@H]1O[C@H]([C@@H](COCc2ccccc2)OC)C[C@@H](O[Si](C)(C)C(C)(C)C)C1(C)C. The van der Waals surface area contributed by atoms with Crippen LogP contribution in [0.5, 0.6) is 11.5 Å². The summed E-state index contributed by atoms with van der Waals surface area (Å²) in [6.07, 6.45) is -1.40. The normalized spacial score (nSPS) is 20.0. The summed E-state index contributed by atoms with van der Waals surface area (Å²) in [6.45, 7) is 59.7. The Kier molecular flexibility index (Phi) is 24.1. The fourth-order valence-corrected chi connectivity index (χ4v) is 25.5. The molecule has 0 radical (unpaired) electrons. The summed E-state index contributed by atoms with van der Waals surface area (Å²) in [5, 5.41) is 12.9. The highest BCUT2D eigenvalue weighted by molar-refractivity contribution is 6.79. The van der Waals surface area contributed by atoms with Gasteiger partial charge in [-0.05, 0) is 99.5 Å². The molecule has 1 aliphatic heterocycles. The highest BCUT2D eigenvalue weighted by Gasteiger charge is 2.54. The monoisotopic (exact) mass is 1130 g/mol. The van der Waals surface area contributed by atoms with E-state index in [2.05, 4.69) is 191 Å². The predicted molar refractivity (Wildman–Crippen MR) is 327 cm³/mol. The van der Waals surface area contributed by atoms with Gasteiger partial charge in [0.1, 0.15) is 23.2 Å². The minimum absolute atomic E-state index is 0.0211. The van der Waals surface area contributed by atoms with Crippen LogP contribution in [0.3, 0.4) is 0 Å². The summed E-state index contributed by atoms with van der Waals surface area (Å²) in [5.74, 6) is 0.427. The van der Waals surface area contributed by atoms with Gasteiger partial charge in [-0.15, -0.1) is 0 Å². The zero-order valence-corrected chi connectivity index (χ0v) is 57.6. The average Bonchev–Trinajstić information content (AvgIpc) is 3.29. The molecule has 0 bridgehead atoms. The average molecular weight is 1130 g/mol. The molecule has 0 aliphatic carbocycles. The molecule has 0 amide bonds. The van der Waals surface area contributed by atoms with Gasteiger partial charge in [-0.25, -0.2) is 4.79 Å². The molecule has 1 aliphatic rings. The molecule has 0 saturated carbocycles. The van der Waals surface area contributed by atoms with Crippen LogP contribution >= 0.6 is 0 Å². The van der Waals surface area contributed by atoms with Crippen LogP contribution in [-0.2, 0) is 40.8 Å². The Balaban J connectivity index is 2.37. The number of ether oxygens (including phenoxy) is 4. The van der Waals surface area contributed by atoms with Crippen molar-refractivity contribution in [1.29, 1.82) is 0 Å². The van der Waals surface area contributed by atoms with Crippen LogP contribution < -0.4 is 8.85 Å². The lowest BCUT2D eigenvalue weighted by atomic mass is 9.72. The van der Waals surface area contributed by atoms with E-state index in [0.29, 0.717) is 60.4 Å². The van der Waals surface area contributed by atoms with Crippen LogP contribution in [-0.4, -0.2) is 102 Å². The maximum Gasteiger partial charge on any atom is 0.341 e. The molecule has 1 N–H and O–H groups in total. The number of hydrogen-bond donors (Lipinski definition) is 1. The van der Waals surface area contributed by atoms with Gasteiger partial charge in [0.2, 0.25) is 0 Å². The van der Waals surface area contributed by atoms with Crippen molar-refractivity contribution in [2.24, 2.45) is 11.3 Å². The summed E-state index contributed by atoms with van der Waals surface area (Å²) in [6, 6.07) is 12.2. The molecule has 0 spiro atoms. The number of hydrogen-bond acceptors (Lipinski definition) is 10.